The molecule has 1 aliphatic rings. The predicted molar refractivity (Wildman–Crippen MR) is 119 cm³/mol. The molecule has 0 aromatic rings. The molecule has 10 heteroatoms. The van der Waals surface area contributed by atoms with E-state index in [4.69, 9.17) is 53.9 Å². The van der Waals surface area contributed by atoms with E-state index in [9.17, 15) is 5.11 Å². The SMILES string of the molecule is C#CCOCC(COCC#C)(COCC#C)COCC(/C=N/C1CC(O)C(CO)O1)=N/N. The lowest BCUT2D eigenvalue weighted by molar-refractivity contribution is -0.0913. The van der Waals surface area contributed by atoms with Gasteiger partial charge in [0.05, 0.1) is 57.4 Å². The first-order chi connectivity index (χ1) is 15.5. The lowest BCUT2D eigenvalue weighted by Gasteiger charge is -2.32. The number of hydrazone groups is 1. The van der Waals surface area contributed by atoms with Crippen LogP contribution in [0.3, 0.4) is 0 Å². The molecule has 1 heterocycles. The van der Waals surface area contributed by atoms with Crippen LogP contribution in [-0.2, 0) is 23.7 Å². The quantitative estimate of drug-likeness (QED) is 0.0878. The molecule has 0 aliphatic carbocycles. The molecule has 32 heavy (non-hydrogen) atoms. The Kier molecular flexibility index (Phi) is 14.0. The van der Waals surface area contributed by atoms with Gasteiger partial charge in [-0.05, 0) is 0 Å². The maximum Gasteiger partial charge on any atom is 0.151 e. The Hall–Kier alpha value is -2.46. The Morgan fingerprint density at radius 2 is 1.56 bits per heavy atom. The van der Waals surface area contributed by atoms with Crippen molar-refractivity contribution in [2.24, 2.45) is 21.4 Å². The van der Waals surface area contributed by atoms with Crippen molar-refractivity contribution >= 4 is 11.9 Å². The first-order valence-electron chi connectivity index (χ1n) is 9.89. The molecule has 0 amide bonds. The Labute approximate surface area is 189 Å². The third-order valence-electron chi connectivity index (χ3n) is 4.38. The van der Waals surface area contributed by atoms with Crippen molar-refractivity contribution in [2.45, 2.75) is 24.9 Å². The summed E-state index contributed by atoms with van der Waals surface area (Å²) in [4.78, 5) is 4.19. The third kappa shape index (κ3) is 10.2. The summed E-state index contributed by atoms with van der Waals surface area (Å²) >= 11 is 0. The molecule has 1 aliphatic heterocycles. The fraction of sp³-hybridized carbons (Fsp3) is 0.636. The molecule has 1 rings (SSSR count). The molecular formula is C22H31N3O7. The van der Waals surface area contributed by atoms with Crippen molar-refractivity contribution in [3.8, 4) is 37.0 Å². The fourth-order valence-electron chi connectivity index (χ4n) is 2.85. The highest BCUT2D eigenvalue weighted by Gasteiger charge is 2.34. The zero-order chi connectivity index (χ0) is 23.7. The number of nitrogens with zero attached hydrogens (tertiary/aromatic N) is 2. The van der Waals surface area contributed by atoms with Gasteiger partial charge in [0.2, 0.25) is 0 Å². The lowest BCUT2D eigenvalue weighted by atomic mass is 9.92. The van der Waals surface area contributed by atoms with Crippen LogP contribution in [0.4, 0.5) is 0 Å². The second-order valence-electron chi connectivity index (χ2n) is 7.10. The number of terminal acetylenes is 3. The van der Waals surface area contributed by atoms with Crippen LogP contribution in [0.1, 0.15) is 6.42 Å². The summed E-state index contributed by atoms with van der Waals surface area (Å²) in [7, 11) is 0. The van der Waals surface area contributed by atoms with Gasteiger partial charge in [-0.2, -0.15) is 5.10 Å². The normalized spacial score (nSPS) is 21.3. The number of aliphatic hydroxyl groups is 2. The van der Waals surface area contributed by atoms with Gasteiger partial charge in [-0.15, -0.1) is 19.3 Å². The maximum absolute atomic E-state index is 9.77. The Morgan fingerprint density at radius 1 is 1.03 bits per heavy atom. The number of ether oxygens (including phenoxy) is 5. The smallest absolute Gasteiger partial charge is 0.151 e. The molecule has 0 saturated carbocycles. The van der Waals surface area contributed by atoms with Crippen LogP contribution in [-0.4, -0.2) is 100 Å². The van der Waals surface area contributed by atoms with E-state index in [1.807, 2.05) is 0 Å². The van der Waals surface area contributed by atoms with E-state index in [2.05, 4.69) is 27.9 Å². The highest BCUT2D eigenvalue weighted by Crippen LogP contribution is 2.22. The minimum absolute atomic E-state index is 0.0276. The zero-order valence-electron chi connectivity index (χ0n) is 18.0. The highest BCUT2D eigenvalue weighted by atomic mass is 16.5. The second-order valence-corrected chi connectivity index (χ2v) is 7.10. The van der Waals surface area contributed by atoms with Gasteiger partial charge in [0.25, 0.3) is 0 Å². The van der Waals surface area contributed by atoms with E-state index in [0.29, 0.717) is 5.71 Å². The van der Waals surface area contributed by atoms with Crippen LogP contribution >= 0.6 is 0 Å². The largest absolute Gasteiger partial charge is 0.394 e. The van der Waals surface area contributed by atoms with Crippen LogP contribution < -0.4 is 5.84 Å². The molecule has 0 aromatic carbocycles. The highest BCUT2D eigenvalue weighted by molar-refractivity contribution is 6.31. The average Bonchev–Trinajstić information content (AvgIpc) is 3.16. The van der Waals surface area contributed by atoms with Gasteiger partial charge in [0.1, 0.15) is 31.6 Å². The van der Waals surface area contributed by atoms with Crippen LogP contribution in [0.2, 0.25) is 0 Å². The van der Waals surface area contributed by atoms with Gasteiger partial charge in [-0.3, -0.25) is 4.99 Å². The van der Waals surface area contributed by atoms with E-state index in [-0.39, 0.29) is 65.9 Å². The van der Waals surface area contributed by atoms with Gasteiger partial charge in [-0.25, -0.2) is 0 Å². The van der Waals surface area contributed by atoms with Crippen LogP contribution in [0, 0.1) is 42.4 Å². The van der Waals surface area contributed by atoms with Crippen molar-refractivity contribution in [2.75, 3.05) is 59.5 Å². The number of aliphatic imine (C=N–C) groups is 1. The Bertz CT molecular complexity index is 670. The minimum Gasteiger partial charge on any atom is -0.394 e. The Morgan fingerprint density at radius 3 is 2.00 bits per heavy atom. The van der Waals surface area contributed by atoms with Crippen molar-refractivity contribution in [1.82, 2.24) is 0 Å². The summed E-state index contributed by atoms with van der Waals surface area (Å²) in [6.07, 6.45) is 15.4. The molecule has 176 valence electrons. The fourth-order valence-corrected chi connectivity index (χ4v) is 2.85. The van der Waals surface area contributed by atoms with Crippen LogP contribution in [0.5, 0.6) is 0 Å². The van der Waals surface area contributed by atoms with Crippen molar-refractivity contribution < 1.29 is 33.9 Å². The molecule has 10 nitrogen and oxygen atoms in total. The molecule has 1 fully saturated rings. The topological polar surface area (TPSA) is 137 Å². The number of hydrogen-bond donors (Lipinski definition) is 3. The maximum atomic E-state index is 9.77. The zero-order valence-corrected chi connectivity index (χ0v) is 18.0. The van der Waals surface area contributed by atoms with E-state index in [1.165, 1.54) is 6.21 Å². The van der Waals surface area contributed by atoms with Gasteiger partial charge < -0.3 is 39.7 Å². The molecule has 0 spiro atoms. The summed E-state index contributed by atoms with van der Waals surface area (Å²) < 4.78 is 27.8. The standard InChI is InChI=1S/C22H31N3O7/c1-4-7-28-14-22(15-29-8-5-2,16-30-9-6-3)17-31-13-18(25-23)11-24-21-10-19(27)20(12-26)32-21/h1-3,11,19-21,26-27H,7-10,12-17,23H2/b24-11+,25-18+. The first-order valence-corrected chi connectivity index (χ1v) is 9.89. The summed E-state index contributed by atoms with van der Waals surface area (Å²) in [5, 5.41) is 22.6. The lowest BCUT2D eigenvalue weighted by Crippen LogP contribution is -2.42. The summed E-state index contributed by atoms with van der Waals surface area (Å²) in [6, 6.07) is 0. The Balaban J connectivity index is 2.71. The molecule has 3 atom stereocenters. The van der Waals surface area contributed by atoms with Crippen LogP contribution in [0.15, 0.2) is 10.1 Å². The van der Waals surface area contributed by atoms with Gasteiger partial charge in [0, 0.05) is 6.42 Å². The minimum atomic E-state index is -0.786. The van der Waals surface area contributed by atoms with Crippen molar-refractivity contribution in [3.63, 3.8) is 0 Å². The van der Waals surface area contributed by atoms with E-state index in [1.54, 1.807) is 0 Å². The monoisotopic (exact) mass is 449 g/mol. The van der Waals surface area contributed by atoms with Gasteiger partial charge >= 0.3 is 0 Å². The third-order valence-corrected chi connectivity index (χ3v) is 4.38. The van der Waals surface area contributed by atoms with E-state index >= 15 is 0 Å². The number of aliphatic hydroxyl groups excluding tert-OH is 2. The second kappa shape index (κ2) is 16.2. The molecule has 4 N–H and O–H groups in total. The average molecular weight is 450 g/mol. The number of hydrogen-bond acceptors (Lipinski definition) is 10. The van der Waals surface area contributed by atoms with Crippen molar-refractivity contribution in [3.05, 3.63) is 0 Å². The molecule has 1 saturated heterocycles. The predicted octanol–water partition coefficient (Wildman–Crippen LogP) is -1.21. The van der Waals surface area contributed by atoms with E-state index in [0.717, 1.165) is 0 Å². The summed E-state index contributed by atoms with van der Waals surface area (Å²) in [5.74, 6) is 12.6. The first kappa shape index (κ1) is 27.6. The number of nitrogens with two attached hydrogens (primary N) is 1. The molecule has 0 bridgehead atoms. The number of rotatable bonds is 16. The molecular weight excluding hydrogens is 418 g/mol. The van der Waals surface area contributed by atoms with Crippen LogP contribution in [0.25, 0.3) is 0 Å². The molecule has 0 radical (unpaired) electrons. The molecule has 0 aromatic heterocycles. The van der Waals surface area contributed by atoms with Gasteiger partial charge in [-0.1, -0.05) is 17.8 Å². The van der Waals surface area contributed by atoms with Gasteiger partial charge in [0.15, 0.2) is 6.23 Å². The van der Waals surface area contributed by atoms with Crippen molar-refractivity contribution in [1.29, 1.82) is 0 Å². The van der Waals surface area contributed by atoms with E-state index < -0.39 is 23.9 Å². The molecule has 3 unspecified atom stereocenters. The summed E-state index contributed by atoms with van der Waals surface area (Å²) in [5.41, 5.74) is -0.392. The summed E-state index contributed by atoms with van der Waals surface area (Å²) in [6.45, 7) is 0.762.